The molecule has 0 fully saturated rings. The fourth-order valence-corrected chi connectivity index (χ4v) is 3.45. The van der Waals surface area contributed by atoms with Crippen LogP contribution >= 0.6 is 11.8 Å². The zero-order valence-electron chi connectivity index (χ0n) is 12.4. The van der Waals surface area contributed by atoms with Gasteiger partial charge in [-0.15, -0.1) is 0 Å². The van der Waals surface area contributed by atoms with Gasteiger partial charge in [0.05, 0.1) is 27.9 Å². The number of aromatic amines is 1. The van der Waals surface area contributed by atoms with Crippen LogP contribution in [0.15, 0.2) is 64.8 Å². The van der Waals surface area contributed by atoms with Gasteiger partial charge in [0.2, 0.25) is 0 Å². The molecule has 1 aromatic carbocycles. The van der Waals surface area contributed by atoms with Gasteiger partial charge in [-0.05, 0) is 31.2 Å². The quantitative estimate of drug-likeness (QED) is 0.587. The molecular weight excluding hydrogens is 308 g/mol. The number of nitrogens with zero attached hydrogens (tertiary/aromatic N) is 3. The maximum atomic E-state index is 12.2. The van der Waals surface area contributed by atoms with Gasteiger partial charge in [-0.2, -0.15) is 0 Å². The van der Waals surface area contributed by atoms with Crippen LogP contribution in [0.3, 0.4) is 0 Å². The van der Waals surface area contributed by atoms with Crippen LogP contribution in [0, 0.1) is 0 Å². The fraction of sp³-hybridized carbons (Fsp3) is 0.118. The summed E-state index contributed by atoms with van der Waals surface area (Å²) in [4.78, 5) is 24.1. The third-order valence-electron chi connectivity index (χ3n) is 3.70. The normalized spacial score (nSPS) is 12.7. The summed E-state index contributed by atoms with van der Waals surface area (Å²) in [7, 11) is 0. The maximum Gasteiger partial charge on any atom is 0.258 e. The Bertz CT molecular complexity index is 1050. The molecule has 0 spiro atoms. The van der Waals surface area contributed by atoms with Crippen molar-refractivity contribution in [1.29, 1.82) is 0 Å². The van der Waals surface area contributed by atoms with Crippen LogP contribution in [0.4, 0.5) is 0 Å². The van der Waals surface area contributed by atoms with Gasteiger partial charge in [-0.1, -0.05) is 30.0 Å². The monoisotopic (exact) mass is 322 g/mol. The molecule has 1 atom stereocenters. The van der Waals surface area contributed by atoms with Crippen LogP contribution in [0.2, 0.25) is 0 Å². The molecule has 3 heterocycles. The molecule has 0 aliphatic rings. The maximum absolute atomic E-state index is 12.2. The Hall–Kier alpha value is -2.60. The number of hydrogen-bond acceptors (Lipinski definition) is 4. The Labute approximate surface area is 136 Å². The predicted octanol–water partition coefficient (Wildman–Crippen LogP) is 3.42. The first-order chi connectivity index (χ1) is 11.2. The van der Waals surface area contributed by atoms with E-state index in [0.29, 0.717) is 16.7 Å². The van der Waals surface area contributed by atoms with Crippen molar-refractivity contribution in [2.45, 2.75) is 17.3 Å². The number of hydrogen-bond donors (Lipinski definition) is 1. The minimum absolute atomic E-state index is 0.0156. The van der Waals surface area contributed by atoms with E-state index < -0.39 is 0 Å². The Kier molecular flexibility index (Phi) is 3.38. The highest BCUT2D eigenvalue weighted by molar-refractivity contribution is 7.99. The van der Waals surface area contributed by atoms with Gasteiger partial charge in [0.1, 0.15) is 5.82 Å². The molecule has 0 radical (unpaired) electrons. The Balaban J connectivity index is 1.72. The summed E-state index contributed by atoms with van der Waals surface area (Å²) in [5.74, 6) is 0.659. The fourth-order valence-electron chi connectivity index (χ4n) is 2.52. The summed E-state index contributed by atoms with van der Waals surface area (Å²) in [6, 6.07) is 13.3. The molecular formula is C17H14N4OS. The highest BCUT2D eigenvalue weighted by atomic mass is 32.2. The lowest BCUT2D eigenvalue weighted by Gasteiger charge is -2.10. The second-order valence-corrected chi connectivity index (χ2v) is 6.57. The first-order valence-electron chi connectivity index (χ1n) is 7.30. The van der Waals surface area contributed by atoms with Gasteiger partial charge in [0.25, 0.3) is 5.56 Å². The average Bonchev–Trinajstić information content (AvgIpc) is 2.98. The summed E-state index contributed by atoms with van der Waals surface area (Å²) < 4.78 is 2.03. The molecule has 0 amide bonds. The lowest BCUT2D eigenvalue weighted by atomic mass is 10.2. The Morgan fingerprint density at radius 1 is 1.17 bits per heavy atom. The lowest BCUT2D eigenvalue weighted by molar-refractivity contribution is 0.897. The number of para-hydroxylation sites is 1. The van der Waals surface area contributed by atoms with Crippen molar-refractivity contribution in [2.24, 2.45) is 0 Å². The Morgan fingerprint density at radius 3 is 2.91 bits per heavy atom. The summed E-state index contributed by atoms with van der Waals surface area (Å²) in [6.07, 6.45) is 3.82. The number of H-pyrrole nitrogens is 1. The van der Waals surface area contributed by atoms with E-state index in [1.165, 1.54) is 0 Å². The SMILES string of the molecule is C[C@@H](Sc1ncc2ccccn12)c1nc2ccccc2c(=O)[nH]1. The number of imidazole rings is 1. The predicted molar refractivity (Wildman–Crippen MR) is 91.8 cm³/mol. The molecule has 4 aromatic rings. The van der Waals surface area contributed by atoms with Crippen LogP contribution < -0.4 is 5.56 Å². The van der Waals surface area contributed by atoms with Crippen molar-refractivity contribution in [3.63, 3.8) is 0 Å². The van der Waals surface area contributed by atoms with Crippen molar-refractivity contribution < 1.29 is 0 Å². The molecule has 0 unspecified atom stereocenters. The van der Waals surface area contributed by atoms with Crippen LogP contribution in [0.5, 0.6) is 0 Å². The van der Waals surface area contributed by atoms with Gasteiger partial charge in [-0.25, -0.2) is 9.97 Å². The van der Waals surface area contributed by atoms with Crippen molar-refractivity contribution >= 4 is 28.2 Å². The largest absolute Gasteiger partial charge is 0.309 e. The minimum Gasteiger partial charge on any atom is -0.309 e. The van der Waals surface area contributed by atoms with E-state index in [0.717, 1.165) is 10.7 Å². The minimum atomic E-state index is -0.106. The topological polar surface area (TPSA) is 63.1 Å². The van der Waals surface area contributed by atoms with Gasteiger partial charge in [0.15, 0.2) is 5.16 Å². The van der Waals surface area contributed by atoms with E-state index in [-0.39, 0.29) is 10.8 Å². The van der Waals surface area contributed by atoms with E-state index in [2.05, 4.69) is 15.0 Å². The summed E-state index contributed by atoms with van der Waals surface area (Å²) in [5, 5.41) is 1.47. The zero-order valence-corrected chi connectivity index (χ0v) is 13.2. The van der Waals surface area contributed by atoms with E-state index >= 15 is 0 Å². The van der Waals surface area contributed by atoms with Crippen molar-refractivity contribution in [1.82, 2.24) is 19.4 Å². The number of aromatic nitrogens is 4. The number of fused-ring (bicyclic) bond motifs is 2. The standard InChI is InChI=1S/C17H14N4OS/c1-11(23-17-18-10-12-6-4-5-9-21(12)17)15-19-14-8-3-2-7-13(14)16(22)20-15/h2-11H,1H3,(H,19,20,22)/t11-/m1/s1. The molecule has 23 heavy (non-hydrogen) atoms. The number of nitrogens with one attached hydrogen (secondary N) is 1. The molecule has 5 nitrogen and oxygen atoms in total. The molecule has 0 saturated heterocycles. The van der Waals surface area contributed by atoms with Crippen molar-refractivity contribution in [2.75, 3.05) is 0 Å². The van der Waals surface area contributed by atoms with Crippen molar-refractivity contribution in [3.8, 4) is 0 Å². The van der Waals surface area contributed by atoms with Crippen LogP contribution in [0.1, 0.15) is 18.0 Å². The smallest absolute Gasteiger partial charge is 0.258 e. The third kappa shape index (κ3) is 2.51. The van der Waals surface area contributed by atoms with Crippen molar-refractivity contribution in [3.05, 3.63) is 71.0 Å². The average molecular weight is 322 g/mol. The van der Waals surface area contributed by atoms with Gasteiger partial charge in [0, 0.05) is 6.20 Å². The summed E-state index contributed by atoms with van der Waals surface area (Å²) >= 11 is 1.57. The van der Waals surface area contributed by atoms with Gasteiger partial charge >= 0.3 is 0 Å². The molecule has 0 saturated carbocycles. The van der Waals surface area contributed by atoms with Gasteiger partial charge in [-0.3, -0.25) is 9.20 Å². The lowest BCUT2D eigenvalue weighted by Crippen LogP contribution is -2.12. The molecule has 0 aliphatic heterocycles. The third-order valence-corrected chi connectivity index (χ3v) is 4.79. The number of benzene rings is 1. The zero-order chi connectivity index (χ0) is 15.8. The van der Waals surface area contributed by atoms with Gasteiger partial charge < -0.3 is 4.98 Å². The molecule has 3 aromatic heterocycles. The summed E-state index contributed by atoms with van der Waals surface area (Å²) in [5.41, 5.74) is 1.65. The first kappa shape index (κ1) is 14.0. The van der Waals surface area contributed by atoms with Crippen LogP contribution in [-0.4, -0.2) is 19.4 Å². The van der Waals surface area contributed by atoms with E-state index in [1.54, 1.807) is 17.8 Å². The van der Waals surface area contributed by atoms with Crippen LogP contribution in [-0.2, 0) is 0 Å². The van der Waals surface area contributed by atoms with E-state index in [1.807, 2.05) is 60.1 Å². The molecule has 1 N–H and O–H groups in total. The highest BCUT2D eigenvalue weighted by Gasteiger charge is 2.15. The second-order valence-electron chi connectivity index (χ2n) is 5.26. The molecule has 114 valence electrons. The number of rotatable bonds is 3. The molecule has 6 heteroatoms. The molecule has 0 aliphatic carbocycles. The highest BCUT2D eigenvalue weighted by Crippen LogP contribution is 2.32. The summed E-state index contributed by atoms with van der Waals surface area (Å²) in [6.45, 7) is 2.02. The number of pyridine rings is 1. The second kappa shape index (κ2) is 5.55. The molecule has 4 rings (SSSR count). The van der Waals surface area contributed by atoms with E-state index in [9.17, 15) is 4.79 Å². The molecule has 0 bridgehead atoms. The van der Waals surface area contributed by atoms with Crippen LogP contribution in [0.25, 0.3) is 16.4 Å². The van der Waals surface area contributed by atoms with E-state index in [4.69, 9.17) is 0 Å². The first-order valence-corrected chi connectivity index (χ1v) is 8.18. The Morgan fingerprint density at radius 2 is 2.00 bits per heavy atom. The number of thioether (sulfide) groups is 1.